The van der Waals surface area contributed by atoms with Crippen molar-refractivity contribution in [1.82, 2.24) is 0 Å². The van der Waals surface area contributed by atoms with Gasteiger partial charge in [-0.2, -0.15) is 0 Å². The second-order valence-electron chi connectivity index (χ2n) is 15.2. The molecular weight excluding hydrogens is 487 g/mol. The maximum atomic E-state index is 7.56. The number of rotatable bonds is 3. The second-order valence-corrected chi connectivity index (χ2v) is 15.2. The van der Waals surface area contributed by atoms with Crippen molar-refractivity contribution < 1.29 is 9.47 Å². The highest BCUT2D eigenvalue weighted by atomic mass is 16.5. The second kappa shape index (κ2) is 17.3. The van der Waals surface area contributed by atoms with E-state index in [4.69, 9.17) is 9.47 Å². The quantitative estimate of drug-likeness (QED) is 0.323. The fourth-order valence-electron chi connectivity index (χ4n) is 10.3. The van der Waals surface area contributed by atoms with Crippen LogP contribution in [0.1, 0.15) is 187 Å². The van der Waals surface area contributed by atoms with E-state index < -0.39 is 0 Å². The van der Waals surface area contributed by atoms with Gasteiger partial charge >= 0.3 is 0 Å². The topological polar surface area (TPSA) is 18.5 Å². The van der Waals surface area contributed by atoms with E-state index in [1.54, 1.807) is 0 Å². The lowest BCUT2D eigenvalue weighted by Crippen LogP contribution is -2.60. The van der Waals surface area contributed by atoms with E-state index in [1.165, 1.54) is 180 Å². The van der Waals surface area contributed by atoms with Crippen molar-refractivity contribution in [3.8, 4) is 0 Å². The normalized spacial score (nSPS) is 39.7. The van der Waals surface area contributed by atoms with Crippen molar-refractivity contribution in [3.05, 3.63) is 0 Å². The Balaban J connectivity index is 1.49. The lowest BCUT2D eigenvalue weighted by atomic mass is 9.21. The van der Waals surface area contributed by atoms with Gasteiger partial charge in [0.1, 0.15) is 0 Å². The molecule has 5 fully saturated rings. The standard InChI is InChI=1S/C37H67BO2/c1-2-3-23-30-24-17-15-16-19-26-32-37(30)40-35-29-22-14-10-9-13-21-28-34-36(35)38(32)31-25-18-11-7-5-4-6-8-12-20-27-33(31)39-34/h30-37H,2-29H2,1H3. The smallest absolute Gasteiger partial charge is 0.162 e. The first kappa shape index (κ1) is 31.4. The molecule has 0 aromatic heterocycles. The molecule has 0 radical (unpaired) electrons. The summed E-state index contributed by atoms with van der Waals surface area (Å²) in [6.07, 6.45) is 41.7. The Kier molecular flexibility index (Phi) is 13.6. The van der Waals surface area contributed by atoms with Gasteiger partial charge in [0.15, 0.2) is 6.71 Å². The van der Waals surface area contributed by atoms with Crippen LogP contribution in [0.15, 0.2) is 0 Å². The molecule has 0 spiro atoms. The first-order chi connectivity index (χ1) is 19.9. The fraction of sp³-hybridized carbons (Fsp3) is 1.00. The van der Waals surface area contributed by atoms with Gasteiger partial charge in [0, 0.05) is 0 Å². The summed E-state index contributed by atoms with van der Waals surface area (Å²) < 4.78 is 15.0. The van der Waals surface area contributed by atoms with Gasteiger partial charge in [-0.25, -0.2) is 0 Å². The molecule has 40 heavy (non-hydrogen) atoms. The van der Waals surface area contributed by atoms with Gasteiger partial charge in [-0.3, -0.25) is 0 Å². The molecule has 5 rings (SSSR count). The van der Waals surface area contributed by atoms with Crippen LogP contribution in [0, 0.1) is 5.92 Å². The number of hydrogen-bond acceptors (Lipinski definition) is 2. The van der Waals surface area contributed by atoms with Crippen LogP contribution in [0.4, 0.5) is 0 Å². The van der Waals surface area contributed by atoms with Crippen molar-refractivity contribution in [3.63, 3.8) is 0 Å². The molecule has 0 N–H and O–H groups in total. The van der Waals surface area contributed by atoms with Crippen LogP contribution in [-0.4, -0.2) is 31.1 Å². The predicted molar refractivity (Wildman–Crippen MR) is 173 cm³/mol. The molecule has 0 aromatic carbocycles. The zero-order chi connectivity index (χ0) is 27.4. The van der Waals surface area contributed by atoms with Crippen LogP contribution in [0.5, 0.6) is 0 Å². The Hall–Kier alpha value is -0.0151. The van der Waals surface area contributed by atoms with Gasteiger partial charge in [-0.15, -0.1) is 0 Å². The summed E-state index contributed by atoms with van der Waals surface area (Å²) in [6.45, 7) is 3.26. The third-order valence-corrected chi connectivity index (χ3v) is 12.4. The molecule has 230 valence electrons. The first-order valence-electron chi connectivity index (χ1n) is 19.2. The minimum atomic E-state index is 0.463. The van der Waals surface area contributed by atoms with Gasteiger partial charge in [0.25, 0.3) is 0 Å². The summed E-state index contributed by atoms with van der Waals surface area (Å²) >= 11 is 0. The molecule has 2 heterocycles. The number of fused-ring (bicyclic) bond motifs is 4. The highest BCUT2D eigenvalue weighted by Crippen LogP contribution is 2.57. The number of ether oxygens (including phenoxy) is 2. The van der Waals surface area contributed by atoms with Crippen LogP contribution in [0.3, 0.4) is 0 Å². The van der Waals surface area contributed by atoms with Crippen molar-refractivity contribution in [1.29, 1.82) is 0 Å². The van der Waals surface area contributed by atoms with E-state index in [-0.39, 0.29) is 0 Å². The summed E-state index contributed by atoms with van der Waals surface area (Å²) in [5.74, 6) is 3.06. The zero-order valence-corrected chi connectivity index (χ0v) is 26.8. The first-order valence-corrected chi connectivity index (χ1v) is 19.2. The Morgan fingerprint density at radius 3 is 1.50 bits per heavy atom. The van der Waals surface area contributed by atoms with Gasteiger partial charge in [-0.1, -0.05) is 155 Å². The molecular formula is C37H67BO2. The van der Waals surface area contributed by atoms with Gasteiger partial charge in [0.05, 0.1) is 24.4 Å². The predicted octanol–water partition coefficient (Wildman–Crippen LogP) is 11.7. The monoisotopic (exact) mass is 555 g/mol. The highest BCUT2D eigenvalue weighted by molar-refractivity contribution is 6.65. The molecule has 5 aliphatic rings. The average Bonchev–Trinajstić information content (AvgIpc) is 3.04. The number of hydrogen-bond donors (Lipinski definition) is 0. The Bertz CT molecular complexity index is 683. The molecule has 3 aliphatic carbocycles. The van der Waals surface area contributed by atoms with E-state index in [0.29, 0.717) is 30.2 Å². The highest BCUT2D eigenvalue weighted by Gasteiger charge is 2.58. The molecule has 3 heteroatoms. The lowest BCUT2D eigenvalue weighted by Gasteiger charge is -2.57. The van der Waals surface area contributed by atoms with Crippen molar-refractivity contribution in [2.45, 2.75) is 229 Å². The van der Waals surface area contributed by atoms with E-state index in [2.05, 4.69) is 6.92 Å². The van der Waals surface area contributed by atoms with Crippen molar-refractivity contribution >= 4 is 6.71 Å². The SMILES string of the molecule is CCCCC1CCCCCCC2B3C4CCCCCCCCCCCC4OC4CCCCCCCCC(OC12)C34. The van der Waals surface area contributed by atoms with E-state index in [9.17, 15) is 0 Å². The largest absolute Gasteiger partial charge is 0.376 e. The molecule has 0 aromatic rings. The summed E-state index contributed by atoms with van der Waals surface area (Å²) in [5.41, 5.74) is 0. The van der Waals surface area contributed by atoms with Crippen molar-refractivity contribution in [2.75, 3.05) is 0 Å². The summed E-state index contributed by atoms with van der Waals surface area (Å²) in [4.78, 5) is 0. The van der Waals surface area contributed by atoms with Gasteiger partial charge < -0.3 is 9.47 Å². The molecule has 2 nitrogen and oxygen atoms in total. The zero-order valence-electron chi connectivity index (χ0n) is 26.8. The summed E-state index contributed by atoms with van der Waals surface area (Å²) in [6, 6.07) is 0. The van der Waals surface area contributed by atoms with Crippen molar-refractivity contribution in [2.24, 2.45) is 5.92 Å². The van der Waals surface area contributed by atoms with Crippen LogP contribution >= 0.6 is 0 Å². The Morgan fingerprint density at radius 1 is 0.475 bits per heavy atom. The maximum absolute atomic E-state index is 7.56. The average molecular weight is 555 g/mol. The minimum absolute atomic E-state index is 0.463. The lowest BCUT2D eigenvalue weighted by molar-refractivity contribution is -0.123. The van der Waals surface area contributed by atoms with Crippen LogP contribution in [-0.2, 0) is 9.47 Å². The third-order valence-electron chi connectivity index (χ3n) is 12.4. The molecule has 3 saturated carbocycles. The minimum Gasteiger partial charge on any atom is -0.376 e. The molecule has 0 bridgehead atoms. The molecule has 8 unspecified atom stereocenters. The van der Waals surface area contributed by atoms with Crippen LogP contribution < -0.4 is 0 Å². The molecule has 0 amide bonds. The summed E-state index contributed by atoms with van der Waals surface area (Å²) in [7, 11) is 0. The van der Waals surface area contributed by atoms with Crippen LogP contribution in [0.25, 0.3) is 0 Å². The van der Waals surface area contributed by atoms with Gasteiger partial charge in [-0.05, 0) is 55.5 Å². The third kappa shape index (κ3) is 8.54. The molecule has 2 aliphatic heterocycles. The summed E-state index contributed by atoms with van der Waals surface area (Å²) in [5, 5.41) is 0. The Labute approximate surface area is 250 Å². The molecule has 8 atom stereocenters. The van der Waals surface area contributed by atoms with Crippen LogP contribution in [0.2, 0.25) is 17.5 Å². The fourth-order valence-corrected chi connectivity index (χ4v) is 10.3. The Morgan fingerprint density at radius 2 is 0.925 bits per heavy atom. The van der Waals surface area contributed by atoms with E-state index in [1.807, 2.05) is 0 Å². The van der Waals surface area contributed by atoms with Gasteiger partial charge in [0.2, 0.25) is 0 Å². The van der Waals surface area contributed by atoms with E-state index >= 15 is 0 Å². The number of unbranched alkanes of at least 4 members (excludes halogenated alkanes) is 1. The van der Waals surface area contributed by atoms with E-state index in [0.717, 1.165) is 24.3 Å². The molecule has 2 saturated heterocycles. The maximum Gasteiger partial charge on any atom is 0.162 e.